The van der Waals surface area contributed by atoms with Crippen LogP contribution in [0.1, 0.15) is 27.4 Å². The van der Waals surface area contributed by atoms with Crippen LogP contribution in [-0.2, 0) is 0 Å². The molecule has 0 radical (unpaired) electrons. The van der Waals surface area contributed by atoms with Crippen LogP contribution >= 0.6 is 0 Å². The number of benzene rings is 1. The number of aromatic hydroxyl groups is 1. The normalized spacial score (nSPS) is 10.8. The fourth-order valence-corrected chi connectivity index (χ4v) is 1.86. The lowest BCUT2D eigenvalue weighted by atomic mass is 10.2. The van der Waals surface area contributed by atoms with Gasteiger partial charge in [-0.25, -0.2) is 5.43 Å². The highest BCUT2D eigenvalue weighted by molar-refractivity contribution is 5.95. The van der Waals surface area contributed by atoms with Crippen molar-refractivity contribution in [3.8, 4) is 11.5 Å². The van der Waals surface area contributed by atoms with E-state index in [0.29, 0.717) is 28.4 Å². The van der Waals surface area contributed by atoms with Gasteiger partial charge in [0.15, 0.2) is 11.5 Å². The molecule has 6 heteroatoms. The Morgan fingerprint density at radius 2 is 2.14 bits per heavy atom. The Morgan fingerprint density at radius 3 is 2.76 bits per heavy atom. The highest BCUT2D eigenvalue weighted by Gasteiger charge is 2.12. The number of amides is 1. The van der Waals surface area contributed by atoms with Gasteiger partial charge in [0.05, 0.1) is 18.9 Å². The number of aryl methyl sites for hydroxylation is 2. The Morgan fingerprint density at radius 1 is 1.38 bits per heavy atom. The summed E-state index contributed by atoms with van der Waals surface area (Å²) in [7, 11) is 1.46. The molecule has 6 nitrogen and oxygen atoms in total. The Kier molecular flexibility index (Phi) is 4.27. The van der Waals surface area contributed by atoms with Gasteiger partial charge in [0.25, 0.3) is 5.91 Å². The van der Waals surface area contributed by atoms with E-state index in [1.807, 2.05) is 0 Å². The maximum absolute atomic E-state index is 11.9. The molecule has 110 valence electrons. The fourth-order valence-electron chi connectivity index (χ4n) is 1.86. The number of hydrazone groups is 1. The molecule has 21 heavy (non-hydrogen) atoms. The average molecular weight is 288 g/mol. The molecular weight excluding hydrogens is 272 g/mol. The number of carbonyl (C=O) groups is 1. The summed E-state index contributed by atoms with van der Waals surface area (Å²) in [4.78, 5) is 11.9. The lowest BCUT2D eigenvalue weighted by Crippen LogP contribution is -2.17. The predicted octanol–water partition coefficient (Wildman–Crippen LogP) is 2.37. The third kappa shape index (κ3) is 3.42. The standard InChI is InChI=1S/C15H16N2O4/c1-9-6-12(10(2)21-9)15(19)17-16-8-11-4-5-13(18)14(7-11)20-3/h4-8,18H,1-3H3,(H,17,19)/b16-8+. The van der Waals surface area contributed by atoms with Gasteiger partial charge in [-0.1, -0.05) is 0 Å². The van der Waals surface area contributed by atoms with Crippen molar-refractivity contribution in [2.45, 2.75) is 13.8 Å². The number of furan rings is 1. The van der Waals surface area contributed by atoms with Crippen LogP contribution in [-0.4, -0.2) is 24.3 Å². The molecule has 0 unspecified atom stereocenters. The molecule has 0 spiro atoms. The van der Waals surface area contributed by atoms with Crippen LogP contribution in [0.5, 0.6) is 11.5 Å². The number of hydrogen-bond donors (Lipinski definition) is 2. The second kappa shape index (κ2) is 6.13. The predicted molar refractivity (Wildman–Crippen MR) is 77.9 cm³/mol. The molecular formula is C15H16N2O4. The minimum Gasteiger partial charge on any atom is -0.504 e. The SMILES string of the molecule is COc1cc(/C=N/NC(=O)c2cc(C)oc2C)ccc1O. The zero-order valence-corrected chi connectivity index (χ0v) is 12.0. The van der Waals surface area contributed by atoms with E-state index in [1.165, 1.54) is 19.4 Å². The number of phenolic OH excluding ortho intramolecular Hbond substituents is 1. The molecule has 2 aromatic rings. The number of nitrogens with one attached hydrogen (secondary N) is 1. The number of rotatable bonds is 4. The minimum absolute atomic E-state index is 0.0446. The van der Waals surface area contributed by atoms with E-state index in [4.69, 9.17) is 9.15 Å². The highest BCUT2D eigenvalue weighted by Crippen LogP contribution is 2.25. The monoisotopic (exact) mass is 288 g/mol. The molecule has 0 saturated carbocycles. The second-order valence-electron chi connectivity index (χ2n) is 4.46. The summed E-state index contributed by atoms with van der Waals surface area (Å²) >= 11 is 0. The van der Waals surface area contributed by atoms with E-state index >= 15 is 0 Å². The van der Waals surface area contributed by atoms with Gasteiger partial charge >= 0.3 is 0 Å². The van der Waals surface area contributed by atoms with Crippen LogP contribution < -0.4 is 10.2 Å². The van der Waals surface area contributed by atoms with Crippen molar-refractivity contribution in [1.82, 2.24) is 5.43 Å². The van der Waals surface area contributed by atoms with Crippen LogP contribution in [0, 0.1) is 13.8 Å². The number of hydrogen-bond acceptors (Lipinski definition) is 5. The van der Waals surface area contributed by atoms with Crippen molar-refractivity contribution in [2.75, 3.05) is 7.11 Å². The van der Waals surface area contributed by atoms with Crippen molar-refractivity contribution in [3.63, 3.8) is 0 Å². The molecule has 0 atom stereocenters. The highest BCUT2D eigenvalue weighted by atomic mass is 16.5. The van der Waals surface area contributed by atoms with Crippen LogP contribution in [0.15, 0.2) is 33.8 Å². The summed E-state index contributed by atoms with van der Waals surface area (Å²) in [6.07, 6.45) is 1.46. The molecule has 0 fully saturated rings. The summed E-state index contributed by atoms with van der Waals surface area (Å²) in [5.41, 5.74) is 3.56. The molecule has 0 saturated heterocycles. The van der Waals surface area contributed by atoms with Crippen LogP contribution in [0.25, 0.3) is 0 Å². The molecule has 1 aromatic heterocycles. The van der Waals surface area contributed by atoms with Gasteiger partial charge in [-0.15, -0.1) is 0 Å². The smallest absolute Gasteiger partial charge is 0.274 e. The molecule has 2 rings (SSSR count). The van der Waals surface area contributed by atoms with Gasteiger partial charge in [0.2, 0.25) is 0 Å². The van der Waals surface area contributed by atoms with Crippen molar-refractivity contribution in [2.24, 2.45) is 5.10 Å². The topological polar surface area (TPSA) is 84.1 Å². The van der Waals surface area contributed by atoms with E-state index in [-0.39, 0.29) is 11.7 Å². The third-order valence-corrected chi connectivity index (χ3v) is 2.87. The zero-order chi connectivity index (χ0) is 15.4. The van der Waals surface area contributed by atoms with E-state index in [9.17, 15) is 9.90 Å². The van der Waals surface area contributed by atoms with Crippen molar-refractivity contribution < 1.29 is 19.1 Å². The van der Waals surface area contributed by atoms with Crippen LogP contribution in [0.4, 0.5) is 0 Å². The first-order chi connectivity index (χ1) is 10.0. The molecule has 1 amide bonds. The zero-order valence-electron chi connectivity index (χ0n) is 12.0. The van der Waals surface area contributed by atoms with E-state index in [1.54, 1.807) is 32.0 Å². The number of nitrogens with zero attached hydrogens (tertiary/aromatic N) is 1. The Balaban J connectivity index is 2.05. The molecule has 0 aliphatic rings. The summed E-state index contributed by atoms with van der Waals surface area (Å²) in [6.45, 7) is 3.49. The maximum Gasteiger partial charge on any atom is 0.274 e. The van der Waals surface area contributed by atoms with Crippen LogP contribution in [0.2, 0.25) is 0 Å². The van der Waals surface area contributed by atoms with Crippen molar-refractivity contribution in [1.29, 1.82) is 0 Å². The quantitative estimate of drug-likeness (QED) is 0.668. The number of ether oxygens (including phenoxy) is 1. The van der Waals surface area contributed by atoms with Gasteiger partial charge in [-0.3, -0.25) is 4.79 Å². The van der Waals surface area contributed by atoms with Gasteiger partial charge in [0.1, 0.15) is 11.5 Å². The van der Waals surface area contributed by atoms with Crippen LogP contribution in [0.3, 0.4) is 0 Å². The van der Waals surface area contributed by atoms with E-state index in [0.717, 1.165) is 0 Å². The Labute approximate surface area is 122 Å². The van der Waals surface area contributed by atoms with E-state index < -0.39 is 0 Å². The Hall–Kier alpha value is -2.76. The lowest BCUT2D eigenvalue weighted by Gasteiger charge is -2.03. The molecule has 0 aliphatic carbocycles. The summed E-state index contributed by atoms with van der Waals surface area (Å²) in [5.74, 6) is 1.26. The molecule has 0 bridgehead atoms. The van der Waals surface area contributed by atoms with Gasteiger partial charge in [-0.2, -0.15) is 5.10 Å². The van der Waals surface area contributed by atoms with E-state index in [2.05, 4.69) is 10.5 Å². The Bertz CT molecular complexity index is 689. The second-order valence-corrected chi connectivity index (χ2v) is 4.46. The first kappa shape index (κ1) is 14.6. The summed E-state index contributed by atoms with van der Waals surface area (Å²) in [6, 6.07) is 6.41. The first-order valence-corrected chi connectivity index (χ1v) is 6.28. The molecule has 2 N–H and O–H groups in total. The number of methoxy groups -OCH3 is 1. The average Bonchev–Trinajstić information content (AvgIpc) is 2.79. The lowest BCUT2D eigenvalue weighted by molar-refractivity contribution is 0.0953. The fraction of sp³-hybridized carbons (Fsp3) is 0.200. The minimum atomic E-state index is -0.341. The largest absolute Gasteiger partial charge is 0.504 e. The first-order valence-electron chi connectivity index (χ1n) is 6.28. The van der Waals surface area contributed by atoms with Crippen molar-refractivity contribution >= 4 is 12.1 Å². The number of carbonyl (C=O) groups excluding carboxylic acids is 1. The number of phenols is 1. The summed E-state index contributed by atoms with van der Waals surface area (Å²) < 4.78 is 10.3. The molecule has 1 heterocycles. The van der Waals surface area contributed by atoms with Gasteiger partial charge in [-0.05, 0) is 43.7 Å². The van der Waals surface area contributed by atoms with Crippen molar-refractivity contribution in [3.05, 3.63) is 46.9 Å². The molecule has 0 aliphatic heterocycles. The third-order valence-electron chi connectivity index (χ3n) is 2.87. The molecule has 1 aromatic carbocycles. The van der Waals surface area contributed by atoms with Gasteiger partial charge in [0, 0.05) is 0 Å². The maximum atomic E-state index is 11.9. The summed E-state index contributed by atoms with van der Waals surface area (Å²) in [5, 5.41) is 13.4. The van der Waals surface area contributed by atoms with Gasteiger partial charge < -0.3 is 14.3 Å².